The summed E-state index contributed by atoms with van der Waals surface area (Å²) in [5, 5.41) is 20.0. The number of hydrogen-bond donors (Lipinski definition) is 3. The lowest BCUT2D eigenvalue weighted by atomic mass is 10.1. The number of benzene rings is 1. The van der Waals surface area contributed by atoms with Crippen LogP contribution in [0, 0.1) is 0 Å². The highest BCUT2D eigenvalue weighted by Gasteiger charge is 2.20. The summed E-state index contributed by atoms with van der Waals surface area (Å²) in [4.78, 5) is 33.5. The van der Waals surface area contributed by atoms with Gasteiger partial charge in [-0.15, -0.1) is 0 Å². The number of carboxylic acids is 2. The number of aliphatic carboxylic acids is 2. The smallest absolute Gasteiger partial charge is 0.326 e. The van der Waals surface area contributed by atoms with Gasteiger partial charge in [-0.1, -0.05) is 6.07 Å². The molecule has 114 valence electrons. The Hall–Kier alpha value is -2.57. The van der Waals surface area contributed by atoms with Gasteiger partial charge in [0.2, 0.25) is 0 Å². The summed E-state index contributed by atoms with van der Waals surface area (Å²) in [5.74, 6) is -2.26. The fourth-order valence-corrected chi connectivity index (χ4v) is 1.72. The van der Waals surface area contributed by atoms with Crippen LogP contribution < -0.4 is 10.1 Å². The highest BCUT2D eigenvalue weighted by molar-refractivity contribution is 5.96. The first-order valence-electron chi connectivity index (χ1n) is 6.33. The van der Waals surface area contributed by atoms with Gasteiger partial charge in [-0.3, -0.25) is 9.59 Å². The Kier molecular flexibility index (Phi) is 6.19. The van der Waals surface area contributed by atoms with E-state index in [-0.39, 0.29) is 24.8 Å². The number of rotatable bonds is 8. The summed E-state index contributed by atoms with van der Waals surface area (Å²) in [7, 11) is 1.46. The Labute approximate surface area is 121 Å². The molecule has 21 heavy (non-hydrogen) atoms. The number of amides is 1. The van der Waals surface area contributed by atoms with E-state index in [1.54, 1.807) is 12.1 Å². The number of ether oxygens (including phenoxy) is 1. The fourth-order valence-electron chi connectivity index (χ4n) is 1.72. The molecule has 1 aromatic carbocycles. The molecule has 0 saturated carbocycles. The second-order valence-electron chi connectivity index (χ2n) is 4.38. The molecule has 7 heteroatoms. The van der Waals surface area contributed by atoms with Crippen molar-refractivity contribution in [2.45, 2.75) is 25.3 Å². The lowest BCUT2D eigenvalue weighted by molar-refractivity contribution is -0.140. The third-order valence-corrected chi connectivity index (χ3v) is 2.82. The van der Waals surface area contributed by atoms with Crippen molar-refractivity contribution in [2.75, 3.05) is 7.11 Å². The van der Waals surface area contributed by atoms with Crippen LogP contribution in [-0.4, -0.2) is 41.2 Å². The molecule has 0 aliphatic rings. The molecule has 0 heterocycles. The Morgan fingerprint density at radius 3 is 2.57 bits per heavy atom. The minimum absolute atomic E-state index is 0.0529. The van der Waals surface area contributed by atoms with Crippen molar-refractivity contribution in [3.8, 4) is 5.75 Å². The first kappa shape index (κ1) is 16.5. The molecule has 0 unspecified atom stereocenters. The molecule has 0 spiro atoms. The molecule has 0 radical (unpaired) electrons. The summed E-state index contributed by atoms with van der Waals surface area (Å²) in [5.41, 5.74) is 0.277. The van der Waals surface area contributed by atoms with Crippen molar-refractivity contribution < 1.29 is 29.3 Å². The zero-order valence-corrected chi connectivity index (χ0v) is 11.5. The van der Waals surface area contributed by atoms with Crippen LogP contribution in [0.4, 0.5) is 0 Å². The highest BCUT2D eigenvalue weighted by Crippen LogP contribution is 2.13. The van der Waals surface area contributed by atoms with Gasteiger partial charge in [-0.05, 0) is 31.0 Å². The van der Waals surface area contributed by atoms with Gasteiger partial charge in [0.15, 0.2) is 0 Å². The number of methoxy groups -OCH3 is 1. The summed E-state index contributed by atoms with van der Waals surface area (Å²) >= 11 is 0. The summed E-state index contributed by atoms with van der Waals surface area (Å²) in [6.45, 7) is 0. The van der Waals surface area contributed by atoms with E-state index in [2.05, 4.69) is 5.32 Å². The largest absolute Gasteiger partial charge is 0.497 e. The van der Waals surface area contributed by atoms with E-state index in [0.29, 0.717) is 5.75 Å². The van der Waals surface area contributed by atoms with E-state index in [9.17, 15) is 14.4 Å². The van der Waals surface area contributed by atoms with Gasteiger partial charge in [0.05, 0.1) is 7.11 Å². The van der Waals surface area contributed by atoms with Crippen LogP contribution >= 0.6 is 0 Å². The molecule has 0 aliphatic carbocycles. The maximum atomic E-state index is 12.0. The predicted octanol–water partition coefficient (Wildman–Crippen LogP) is 1.13. The van der Waals surface area contributed by atoms with E-state index in [1.807, 2.05) is 0 Å². The topological polar surface area (TPSA) is 113 Å². The third kappa shape index (κ3) is 5.52. The van der Waals surface area contributed by atoms with E-state index in [0.717, 1.165) is 0 Å². The number of nitrogens with one attached hydrogen (secondary N) is 1. The molecule has 0 saturated heterocycles. The van der Waals surface area contributed by atoms with Crippen molar-refractivity contribution in [1.82, 2.24) is 5.32 Å². The standard InChI is InChI=1S/C14H17NO6/c1-21-10-5-2-4-9(8-10)13(18)15-11(14(19)20)6-3-7-12(16)17/h2,4-5,8,11H,3,6-7H2,1H3,(H,15,18)(H,16,17)(H,19,20)/t11-/m1/s1. The maximum Gasteiger partial charge on any atom is 0.326 e. The Balaban J connectivity index is 2.67. The van der Waals surface area contributed by atoms with E-state index < -0.39 is 23.9 Å². The van der Waals surface area contributed by atoms with Crippen LogP contribution in [-0.2, 0) is 9.59 Å². The molecule has 3 N–H and O–H groups in total. The maximum absolute atomic E-state index is 12.0. The van der Waals surface area contributed by atoms with Gasteiger partial charge >= 0.3 is 11.9 Å². The van der Waals surface area contributed by atoms with E-state index in [1.165, 1.54) is 19.2 Å². The van der Waals surface area contributed by atoms with Crippen LogP contribution in [0.1, 0.15) is 29.6 Å². The van der Waals surface area contributed by atoms with Crippen LogP contribution in [0.25, 0.3) is 0 Å². The average Bonchev–Trinajstić information content (AvgIpc) is 2.45. The zero-order valence-electron chi connectivity index (χ0n) is 11.5. The number of carboxylic acid groups (broad SMARTS) is 2. The molecule has 0 fully saturated rings. The first-order valence-corrected chi connectivity index (χ1v) is 6.33. The minimum atomic E-state index is -1.20. The summed E-state index contributed by atoms with van der Waals surface area (Å²) < 4.78 is 4.99. The van der Waals surface area contributed by atoms with Gasteiger partial charge in [0.25, 0.3) is 5.91 Å². The number of carbonyl (C=O) groups excluding carboxylic acids is 1. The zero-order chi connectivity index (χ0) is 15.8. The van der Waals surface area contributed by atoms with Crippen molar-refractivity contribution >= 4 is 17.8 Å². The van der Waals surface area contributed by atoms with Crippen LogP contribution in [0.15, 0.2) is 24.3 Å². The predicted molar refractivity (Wildman–Crippen MR) is 73.4 cm³/mol. The second kappa shape index (κ2) is 7.88. The minimum Gasteiger partial charge on any atom is -0.497 e. The number of hydrogen-bond acceptors (Lipinski definition) is 4. The monoisotopic (exact) mass is 295 g/mol. The van der Waals surface area contributed by atoms with Gasteiger partial charge in [-0.2, -0.15) is 0 Å². The van der Waals surface area contributed by atoms with Gasteiger partial charge < -0.3 is 20.3 Å². The van der Waals surface area contributed by atoms with Gasteiger partial charge in [0, 0.05) is 12.0 Å². The Bertz CT molecular complexity index is 528. The van der Waals surface area contributed by atoms with Crippen LogP contribution in [0.2, 0.25) is 0 Å². The van der Waals surface area contributed by atoms with E-state index >= 15 is 0 Å². The molecular formula is C14H17NO6. The molecular weight excluding hydrogens is 278 g/mol. The van der Waals surface area contributed by atoms with Gasteiger partial charge in [0.1, 0.15) is 11.8 Å². The lowest BCUT2D eigenvalue weighted by Crippen LogP contribution is -2.40. The summed E-state index contributed by atoms with van der Waals surface area (Å²) in [6.07, 6.45) is 0.0842. The quantitative estimate of drug-likeness (QED) is 0.662. The SMILES string of the molecule is COc1cccc(C(=O)N[C@H](CCCC(=O)O)C(=O)O)c1. The Morgan fingerprint density at radius 2 is 2.00 bits per heavy atom. The number of carbonyl (C=O) groups is 3. The van der Waals surface area contributed by atoms with Crippen LogP contribution in [0.5, 0.6) is 5.75 Å². The molecule has 1 atom stereocenters. The van der Waals surface area contributed by atoms with Crippen molar-refractivity contribution in [3.05, 3.63) is 29.8 Å². The van der Waals surface area contributed by atoms with Crippen molar-refractivity contribution in [2.24, 2.45) is 0 Å². The normalized spacial score (nSPS) is 11.5. The fraction of sp³-hybridized carbons (Fsp3) is 0.357. The van der Waals surface area contributed by atoms with Crippen LogP contribution in [0.3, 0.4) is 0 Å². The third-order valence-electron chi connectivity index (χ3n) is 2.82. The second-order valence-corrected chi connectivity index (χ2v) is 4.38. The van der Waals surface area contributed by atoms with Gasteiger partial charge in [-0.25, -0.2) is 4.79 Å². The average molecular weight is 295 g/mol. The van der Waals surface area contributed by atoms with Crippen molar-refractivity contribution in [1.29, 1.82) is 0 Å². The first-order chi connectivity index (χ1) is 9.93. The highest BCUT2D eigenvalue weighted by atomic mass is 16.5. The van der Waals surface area contributed by atoms with Crippen molar-refractivity contribution in [3.63, 3.8) is 0 Å². The lowest BCUT2D eigenvalue weighted by Gasteiger charge is -2.14. The Morgan fingerprint density at radius 1 is 1.29 bits per heavy atom. The summed E-state index contributed by atoms with van der Waals surface area (Å²) in [6, 6.07) is 5.19. The van der Waals surface area contributed by atoms with E-state index in [4.69, 9.17) is 14.9 Å². The molecule has 7 nitrogen and oxygen atoms in total. The molecule has 1 aromatic rings. The molecule has 0 bridgehead atoms. The molecule has 0 aliphatic heterocycles. The molecule has 0 aromatic heterocycles. The molecule has 1 rings (SSSR count). The molecule has 1 amide bonds.